The van der Waals surface area contributed by atoms with Gasteiger partial charge in [0.2, 0.25) is 0 Å². The number of rotatable bonds is 1. The van der Waals surface area contributed by atoms with Gasteiger partial charge in [-0.1, -0.05) is 0 Å². The molecule has 6 nitrogen and oxygen atoms in total. The first-order valence-corrected chi connectivity index (χ1v) is 3.05. The van der Waals surface area contributed by atoms with E-state index in [-0.39, 0.29) is 11.3 Å². The average molecular weight is 170 g/mol. The second-order valence-corrected chi connectivity index (χ2v) is 2.16. The Morgan fingerprint density at radius 3 is 2.33 bits per heavy atom. The number of nitrogens with zero attached hydrogens (tertiary/aromatic N) is 2. The monoisotopic (exact) mass is 170 g/mol. The van der Waals surface area contributed by atoms with Gasteiger partial charge < -0.3 is 10.2 Å². The normalized spacial score (nSPS) is 9.75. The van der Waals surface area contributed by atoms with Crippen molar-refractivity contribution in [3.63, 3.8) is 0 Å². The molecule has 12 heavy (non-hydrogen) atoms. The molecule has 0 bridgehead atoms. The summed E-state index contributed by atoms with van der Waals surface area (Å²) < 4.78 is 0.568. The van der Waals surface area contributed by atoms with E-state index in [4.69, 9.17) is 10.2 Å². The zero-order valence-corrected chi connectivity index (χ0v) is 6.18. The molecule has 0 saturated heterocycles. The van der Waals surface area contributed by atoms with Gasteiger partial charge in [-0.05, 0) is 6.92 Å². The Morgan fingerprint density at radius 1 is 1.50 bits per heavy atom. The lowest BCUT2D eigenvalue weighted by Crippen LogP contribution is -2.08. The van der Waals surface area contributed by atoms with Crippen LogP contribution in [0.15, 0.2) is 6.20 Å². The van der Waals surface area contributed by atoms with E-state index in [9.17, 15) is 9.59 Å². The van der Waals surface area contributed by atoms with Gasteiger partial charge in [0.1, 0.15) is 5.56 Å². The summed E-state index contributed by atoms with van der Waals surface area (Å²) >= 11 is 0. The molecule has 0 radical (unpaired) electrons. The summed E-state index contributed by atoms with van der Waals surface area (Å²) in [6.45, 7) is 1.43. The van der Waals surface area contributed by atoms with E-state index in [2.05, 4.69) is 5.10 Å². The molecule has 0 spiro atoms. The molecular formula is C6H6N2O4. The molecule has 1 heterocycles. The van der Waals surface area contributed by atoms with Crippen LogP contribution < -0.4 is 0 Å². The molecule has 0 aliphatic rings. The third-order valence-corrected chi connectivity index (χ3v) is 1.33. The zero-order valence-electron chi connectivity index (χ0n) is 6.18. The fourth-order valence-electron chi connectivity index (χ4n) is 0.768. The molecule has 0 aliphatic carbocycles. The van der Waals surface area contributed by atoms with E-state index in [1.165, 1.54) is 6.92 Å². The number of aromatic nitrogens is 2. The fourth-order valence-corrected chi connectivity index (χ4v) is 0.768. The maximum atomic E-state index is 10.4. The van der Waals surface area contributed by atoms with Crippen LogP contribution in [-0.4, -0.2) is 32.1 Å². The highest BCUT2D eigenvalue weighted by Crippen LogP contribution is 2.04. The van der Waals surface area contributed by atoms with Gasteiger partial charge in [-0.15, -0.1) is 0 Å². The fraction of sp³-hybridized carbons (Fsp3) is 0.167. The van der Waals surface area contributed by atoms with Gasteiger partial charge in [-0.25, -0.2) is 9.59 Å². The average Bonchev–Trinajstić information content (AvgIpc) is 2.30. The van der Waals surface area contributed by atoms with Crippen LogP contribution in [0.1, 0.15) is 16.1 Å². The van der Waals surface area contributed by atoms with Gasteiger partial charge in [0, 0.05) is 0 Å². The SMILES string of the molecule is Cc1nn(C(=O)O)cc1C(=O)O. The van der Waals surface area contributed by atoms with Crippen LogP contribution >= 0.6 is 0 Å². The zero-order chi connectivity index (χ0) is 9.30. The van der Waals surface area contributed by atoms with Crippen LogP contribution in [0.5, 0.6) is 0 Å². The van der Waals surface area contributed by atoms with Gasteiger partial charge in [0.25, 0.3) is 0 Å². The molecule has 0 aromatic carbocycles. The summed E-state index contributed by atoms with van der Waals surface area (Å²) in [4.78, 5) is 20.7. The third-order valence-electron chi connectivity index (χ3n) is 1.33. The number of carboxylic acids is 1. The summed E-state index contributed by atoms with van der Waals surface area (Å²) in [5, 5.41) is 20.4. The van der Waals surface area contributed by atoms with Gasteiger partial charge in [0.05, 0.1) is 11.9 Å². The Bertz CT molecular complexity index is 341. The molecule has 1 aromatic heterocycles. The van der Waals surface area contributed by atoms with Crippen molar-refractivity contribution in [2.24, 2.45) is 0 Å². The predicted octanol–water partition coefficient (Wildman–Crippen LogP) is 0.416. The van der Waals surface area contributed by atoms with E-state index in [0.717, 1.165) is 6.20 Å². The minimum absolute atomic E-state index is 0.0996. The molecule has 0 amide bonds. The maximum Gasteiger partial charge on any atom is 0.432 e. The number of carbonyl (C=O) groups is 2. The lowest BCUT2D eigenvalue weighted by atomic mass is 10.3. The lowest BCUT2D eigenvalue weighted by Gasteiger charge is -1.86. The van der Waals surface area contributed by atoms with Gasteiger partial charge in [-0.2, -0.15) is 9.78 Å². The van der Waals surface area contributed by atoms with Crippen LogP contribution in [-0.2, 0) is 0 Å². The lowest BCUT2D eigenvalue weighted by molar-refractivity contribution is 0.0696. The van der Waals surface area contributed by atoms with E-state index < -0.39 is 12.1 Å². The third kappa shape index (κ3) is 1.26. The first-order chi connectivity index (χ1) is 5.52. The van der Waals surface area contributed by atoms with Crippen molar-refractivity contribution in [2.75, 3.05) is 0 Å². The highest BCUT2D eigenvalue weighted by atomic mass is 16.4. The van der Waals surface area contributed by atoms with Crippen molar-refractivity contribution >= 4 is 12.1 Å². The number of hydrogen-bond donors (Lipinski definition) is 2. The van der Waals surface area contributed by atoms with E-state index >= 15 is 0 Å². The molecule has 1 rings (SSSR count). The van der Waals surface area contributed by atoms with Crippen molar-refractivity contribution in [1.82, 2.24) is 9.78 Å². The second-order valence-electron chi connectivity index (χ2n) is 2.16. The molecule has 0 unspecified atom stereocenters. The molecule has 0 aliphatic heterocycles. The van der Waals surface area contributed by atoms with Crippen molar-refractivity contribution in [3.05, 3.63) is 17.5 Å². The summed E-state index contributed by atoms with van der Waals surface area (Å²) in [5.74, 6) is -1.18. The van der Waals surface area contributed by atoms with E-state index in [1.807, 2.05) is 0 Å². The second kappa shape index (κ2) is 2.65. The minimum atomic E-state index is -1.30. The van der Waals surface area contributed by atoms with Crippen molar-refractivity contribution in [1.29, 1.82) is 0 Å². The first kappa shape index (κ1) is 8.25. The Labute approximate surface area is 67.0 Å². The summed E-state index contributed by atoms with van der Waals surface area (Å²) in [5.41, 5.74) is 0.0855. The van der Waals surface area contributed by atoms with Crippen molar-refractivity contribution in [3.8, 4) is 0 Å². The van der Waals surface area contributed by atoms with Crippen LogP contribution in [0.2, 0.25) is 0 Å². The Hall–Kier alpha value is -1.85. The van der Waals surface area contributed by atoms with E-state index in [0.29, 0.717) is 4.68 Å². The van der Waals surface area contributed by atoms with Crippen LogP contribution in [0, 0.1) is 6.92 Å². The van der Waals surface area contributed by atoms with Crippen LogP contribution in [0.3, 0.4) is 0 Å². The summed E-state index contributed by atoms with van der Waals surface area (Å²) in [7, 11) is 0. The number of aryl methyl sites for hydroxylation is 1. The number of carboxylic acid groups (broad SMARTS) is 2. The first-order valence-electron chi connectivity index (χ1n) is 3.05. The van der Waals surface area contributed by atoms with Crippen LogP contribution in [0.4, 0.5) is 4.79 Å². The van der Waals surface area contributed by atoms with Gasteiger partial charge >= 0.3 is 12.1 Å². The quantitative estimate of drug-likeness (QED) is 0.636. The van der Waals surface area contributed by atoms with Gasteiger partial charge in [0.15, 0.2) is 0 Å². The summed E-state index contributed by atoms with van der Waals surface area (Å²) in [6.07, 6.45) is -0.342. The molecular weight excluding hydrogens is 164 g/mol. The topological polar surface area (TPSA) is 92.4 Å². The van der Waals surface area contributed by atoms with Crippen molar-refractivity contribution < 1.29 is 19.8 Å². The highest BCUT2D eigenvalue weighted by molar-refractivity contribution is 5.89. The maximum absolute atomic E-state index is 10.4. The molecule has 0 fully saturated rings. The van der Waals surface area contributed by atoms with Gasteiger partial charge in [-0.3, -0.25) is 0 Å². The molecule has 0 saturated carbocycles. The smallest absolute Gasteiger partial charge is 0.432 e. The number of aromatic carboxylic acids is 1. The Morgan fingerprint density at radius 2 is 2.08 bits per heavy atom. The molecule has 2 N–H and O–H groups in total. The minimum Gasteiger partial charge on any atom is -0.478 e. The molecule has 0 atom stereocenters. The number of hydrogen-bond acceptors (Lipinski definition) is 3. The highest BCUT2D eigenvalue weighted by Gasteiger charge is 2.13. The molecule has 1 aromatic rings. The molecule has 64 valence electrons. The van der Waals surface area contributed by atoms with E-state index in [1.54, 1.807) is 0 Å². The Kier molecular flexibility index (Phi) is 1.82. The Balaban J connectivity index is 3.17. The molecule has 6 heteroatoms. The van der Waals surface area contributed by atoms with Crippen LogP contribution in [0.25, 0.3) is 0 Å². The van der Waals surface area contributed by atoms with Crippen molar-refractivity contribution in [2.45, 2.75) is 6.92 Å². The predicted molar refractivity (Wildman–Crippen MR) is 37.3 cm³/mol. The largest absolute Gasteiger partial charge is 0.478 e. The summed E-state index contributed by atoms with van der Waals surface area (Å²) in [6, 6.07) is 0. The standard InChI is InChI=1S/C6H6N2O4/c1-3-4(5(9)10)2-8(7-3)6(11)12/h2H,1H3,(H,9,10)(H,11,12).